The Bertz CT molecular complexity index is 1040. The van der Waals surface area contributed by atoms with Crippen LogP contribution in [0.3, 0.4) is 0 Å². The first-order chi connectivity index (χ1) is 15.0. The first kappa shape index (κ1) is 21.6. The summed E-state index contributed by atoms with van der Waals surface area (Å²) in [7, 11) is 0. The Labute approximate surface area is 180 Å². The molecule has 0 heterocycles. The fourth-order valence-electron chi connectivity index (χ4n) is 2.62. The zero-order valence-corrected chi connectivity index (χ0v) is 16.9. The molecule has 7 nitrogen and oxygen atoms in total. The minimum absolute atomic E-state index is 0.249. The standard InChI is InChI=1S/C24H22N2O5/c1-17(22(27)25-26-23(28)19-11-6-3-7-12-19)31-24(29)20-13-8-14-21(15-20)30-16-18-9-4-2-5-10-18/h2-15,17H,16H2,1H3,(H,25,27)(H,26,28)/t17-/m1/s1. The van der Waals surface area contributed by atoms with Gasteiger partial charge >= 0.3 is 5.97 Å². The zero-order chi connectivity index (χ0) is 22.1. The maximum absolute atomic E-state index is 12.4. The zero-order valence-electron chi connectivity index (χ0n) is 16.9. The van der Waals surface area contributed by atoms with Crippen LogP contribution in [0.25, 0.3) is 0 Å². The van der Waals surface area contributed by atoms with Crippen LogP contribution in [0.4, 0.5) is 0 Å². The molecule has 31 heavy (non-hydrogen) atoms. The number of hydrazine groups is 1. The molecule has 0 unspecified atom stereocenters. The van der Waals surface area contributed by atoms with Gasteiger partial charge in [-0.2, -0.15) is 0 Å². The summed E-state index contributed by atoms with van der Waals surface area (Å²) in [5.41, 5.74) is 6.17. The van der Waals surface area contributed by atoms with E-state index in [-0.39, 0.29) is 5.56 Å². The second-order valence-electron chi connectivity index (χ2n) is 6.66. The monoisotopic (exact) mass is 418 g/mol. The van der Waals surface area contributed by atoms with E-state index in [9.17, 15) is 14.4 Å². The third-order valence-corrected chi connectivity index (χ3v) is 4.31. The number of carbonyl (C=O) groups excluding carboxylic acids is 3. The van der Waals surface area contributed by atoms with Crippen molar-refractivity contribution in [3.63, 3.8) is 0 Å². The van der Waals surface area contributed by atoms with Crippen molar-refractivity contribution in [1.29, 1.82) is 0 Å². The van der Waals surface area contributed by atoms with Crippen molar-refractivity contribution in [3.05, 3.63) is 102 Å². The van der Waals surface area contributed by atoms with Crippen molar-refractivity contribution in [2.75, 3.05) is 0 Å². The molecule has 0 aliphatic rings. The van der Waals surface area contributed by atoms with E-state index < -0.39 is 23.9 Å². The van der Waals surface area contributed by atoms with E-state index in [1.165, 1.54) is 6.92 Å². The van der Waals surface area contributed by atoms with Gasteiger partial charge in [0.2, 0.25) is 0 Å². The summed E-state index contributed by atoms with van der Waals surface area (Å²) in [6.45, 7) is 1.77. The number of ether oxygens (including phenoxy) is 2. The molecular weight excluding hydrogens is 396 g/mol. The van der Waals surface area contributed by atoms with Gasteiger partial charge < -0.3 is 9.47 Å². The van der Waals surface area contributed by atoms with Gasteiger partial charge in [-0.3, -0.25) is 20.4 Å². The number of carbonyl (C=O) groups is 3. The van der Waals surface area contributed by atoms with Gasteiger partial charge in [0.05, 0.1) is 5.56 Å². The molecule has 0 spiro atoms. The summed E-state index contributed by atoms with van der Waals surface area (Å²) < 4.78 is 10.9. The third kappa shape index (κ3) is 6.43. The van der Waals surface area contributed by atoms with E-state index in [0.717, 1.165) is 5.56 Å². The number of benzene rings is 3. The van der Waals surface area contributed by atoms with E-state index in [2.05, 4.69) is 10.9 Å². The highest BCUT2D eigenvalue weighted by Crippen LogP contribution is 2.16. The van der Waals surface area contributed by atoms with Gasteiger partial charge in [0.15, 0.2) is 6.10 Å². The Morgan fingerprint density at radius 3 is 2.16 bits per heavy atom. The number of amides is 2. The van der Waals surface area contributed by atoms with Crippen molar-refractivity contribution in [2.45, 2.75) is 19.6 Å². The summed E-state index contributed by atoms with van der Waals surface area (Å²) >= 11 is 0. The summed E-state index contributed by atoms with van der Waals surface area (Å²) in [5, 5.41) is 0. The SMILES string of the molecule is C[C@@H](OC(=O)c1cccc(OCc2ccccc2)c1)C(=O)NNC(=O)c1ccccc1. The minimum Gasteiger partial charge on any atom is -0.489 e. The smallest absolute Gasteiger partial charge is 0.339 e. The van der Waals surface area contributed by atoms with Crippen molar-refractivity contribution >= 4 is 17.8 Å². The van der Waals surface area contributed by atoms with Crippen LogP contribution in [0.15, 0.2) is 84.9 Å². The normalized spacial score (nSPS) is 11.1. The van der Waals surface area contributed by atoms with Gasteiger partial charge in [-0.1, -0.05) is 54.6 Å². The van der Waals surface area contributed by atoms with E-state index in [1.54, 1.807) is 54.6 Å². The third-order valence-electron chi connectivity index (χ3n) is 4.31. The Hall–Kier alpha value is -4.13. The first-order valence-corrected chi connectivity index (χ1v) is 9.66. The molecule has 1 atom stereocenters. The van der Waals surface area contributed by atoms with Crippen molar-refractivity contribution < 1.29 is 23.9 Å². The molecule has 3 aromatic carbocycles. The number of nitrogens with one attached hydrogen (secondary N) is 2. The number of hydrogen-bond acceptors (Lipinski definition) is 5. The van der Waals surface area contributed by atoms with Gasteiger partial charge in [0, 0.05) is 5.56 Å². The maximum Gasteiger partial charge on any atom is 0.339 e. The van der Waals surface area contributed by atoms with Crippen LogP contribution < -0.4 is 15.6 Å². The molecule has 0 aliphatic heterocycles. The van der Waals surface area contributed by atoms with E-state index in [1.807, 2.05) is 30.3 Å². The number of esters is 1. The lowest BCUT2D eigenvalue weighted by Gasteiger charge is -2.14. The van der Waals surface area contributed by atoms with Crippen LogP contribution >= 0.6 is 0 Å². The second kappa shape index (κ2) is 10.6. The van der Waals surface area contributed by atoms with Gasteiger partial charge in [0.1, 0.15) is 12.4 Å². The van der Waals surface area contributed by atoms with Crippen molar-refractivity contribution in [2.24, 2.45) is 0 Å². The fourth-order valence-corrected chi connectivity index (χ4v) is 2.62. The minimum atomic E-state index is -1.11. The largest absolute Gasteiger partial charge is 0.489 e. The highest BCUT2D eigenvalue weighted by atomic mass is 16.5. The summed E-state index contributed by atoms with van der Waals surface area (Å²) in [6, 6.07) is 24.6. The molecular formula is C24H22N2O5. The molecule has 0 radical (unpaired) electrons. The van der Waals surface area contributed by atoms with Crippen LogP contribution in [0.5, 0.6) is 5.75 Å². The molecule has 0 fully saturated rings. The number of rotatable bonds is 7. The molecule has 2 amide bonds. The Kier molecular flexibility index (Phi) is 7.37. The van der Waals surface area contributed by atoms with Gasteiger partial charge in [-0.15, -0.1) is 0 Å². The van der Waals surface area contributed by atoms with Gasteiger partial charge in [0.25, 0.3) is 11.8 Å². The van der Waals surface area contributed by atoms with E-state index in [4.69, 9.17) is 9.47 Å². The topological polar surface area (TPSA) is 93.7 Å². The predicted octanol–water partition coefficient (Wildman–Crippen LogP) is 3.27. The average molecular weight is 418 g/mol. The molecule has 2 N–H and O–H groups in total. The lowest BCUT2D eigenvalue weighted by Crippen LogP contribution is -2.46. The van der Waals surface area contributed by atoms with Crippen LogP contribution in [-0.4, -0.2) is 23.9 Å². The van der Waals surface area contributed by atoms with Crippen molar-refractivity contribution in [3.8, 4) is 5.75 Å². The molecule has 7 heteroatoms. The molecule has 0 bridgehead atoms. The van der Waals surface area contributed by atoms with E-state index in [0.29, 0.717) is 17.9 Å². The van der Waals surface area contributed by atoms with Gasteiger partial charge in [-0.05, 0) is 42.8 Å². The van der Waals surface area contributed by atoms with Gasteiger partial charge in [-0.25, -0.2) is 4.79 Å². The summed E-state index contributed by atoms with van der Waals surface area (Å²) in [6.07, 6.45) is -1.11. The van der Waals surface area contributed by atoms with Crippen LogP contribution in [-0.2, 0) is 16.1 Å². The molecule has 0 aliphatic carbocycles. The van der Waals surface area contributed by atoms with Crippen molar-refractivity contribution in [1.82, 2.24) is 10.9 Å². The lowest BCUT2D eigenvalue weighted by molar-refractivity contribution is -0.129. The molecule has 0 saturated carbocycles. The second-order valence-corrected chi connectivity index (χ2v) is 6.66. The highest BCUT2D eigenvalue weighted by molar-refractivity contribution is 5.96. The Balaban J connectivity index is 1.50. The quantitative estimate of drug-likeness (QED) is 0.454. The summed E-state index contributed by atoms with van der Waals surface area (Å²) in [5.74, 6) is -1.31. The first-order valence-electron chi connectivity index (χ1n) is 9.66. The van der Waals surface area contributed by atoms with Crippen LogP contribution in [0, 0.1) is 0 Å². The molecule has 158 valence electrons. The van der Waals surface area contributed by atoms with Crippen LogP contribution in [0.1, 0.15) is 33.2 Å². The Morgan fingerprint density at radius 1 is 0.806 bits per heavy atom. The predicted molar refractivity (Wildman–Crippen MR) is 114 cm³/mol. The molecule has 0 saturated heterocycles. The summed E-state index contributed by atoms with van der Waals surface area (Å²) in [4.78, 5) is 36.5. The lowest BCUT2D eigenvalue weighted by atomic mass is 10.2. The molecule has 0 aromatic heterocycles. The fraction of sp³-hybridized carbons (Fsp3) is 0.125. The number of hydrogen-bond donors (Lipinski definition) is 2. The van der Waals surface area contributed by atoms with E-state index >= 15 is 0 Å². The Morgan fingerprint density at radius 2 is 1.45 bits per heavy atom. The highest BCUT2D eigenvalue weighted by Gasteiger charge is 2.20. The average Bonchev–Trinajstić information content (AvgIpc) is 2.82. The molecule has 3 aromatic rings. The molecule has 3 rings (SSSR count). The maximum atomic E-state index is 12.4. The van der Waals surface area contributed by atoms with Crippen LogP contribution in [0.2, 0.25) is 0 Å².